The normalized spacial score (nSPS) is 18.5. The fraction of sp³-hybridized carbons (Fsp3) is 0.556. The molecule has 0 bridgehead atoms. The molecule has 0 unspecified atom stereocenters. The van der Waals surface area contributed by atoms with E-state index in [1.807, 2.05) is 29.2 Å². The molecule has 0 radical (unpaired) electrons. The van der Waals surface area contributed by atoms with E-state index in [1.54, 1.807) is 0 Å². The zero-order valence-corrected chi connectivity index (χ0v) is 14.6. The molecule has 1 aliphatic heterocycles. The maximum absolute atomic E-state index is 12.0. The number of halogens is 1. The molecule has 0 aromatic heterocycles. The van der Waals surface area contributed by atoms with E-state index >= 15 is 0 Å². The topological polar surface area (TPSA) is 52.7 Å². The number of hydrogen-bond acceptors (Lipinski definition) is 3. The lowest BCUT2D eigenvalue weighted by molar-refractivity contribution is -0.134. The van der Waals surface area contributed by atoms with Crippen molar-refractivity contribution >= 4 is 23.4 Å². The van der Waals surface area contributed by atoms with Gasteiger partial charge in [0, 0.05) is 43.7 Å². The number of hydrogen-bond donors (Lipinski definition) is 1. The summed E-state index contributed by atoms with van der Waals surface area (Å²) in [6.07, 6.45) is 2.87. The molecule has 1 saturated heterocycles. The molecule has 1 aromatic carbocycles. The minimum Gasteiger partial charge on any atom is -0.355 e. The fourth-order valence-corrected chi connectivity index (χ4v) is 3.23. The van der Waals surface area contributed by atoms with Crippen molar-refractivity contribution in [3.63, 3.8) is 0 Å². The first kappa shape index (κ1) is 17.2. The van der Waals surface area contributed by atoms with Gasteiger partial charge in [0.25, 0.3) is 0 Å². The van der Waals surface area contributed by atoms with Crippen molar-refractivity contribution in [2.75, 3.05) is 39.3 Å². The van der Waals surface area contributed by atoms with E-state index < -0.39 is 0 Å². The quantitative estimate of drug-likeness (QED) is 0.848. The van der Waals surface area contributed by atoms with Gasteiger partial charge >= 0.3 is 0 Å². The van der Waals surface area contributed by atoms with Crippen LogP contribution < -0.4 is 5.32 Å². The van der Waals surface area contributed by atoms with Crippen LogP contribution >= 0.6 is 11.6 Å². The average Bonchev–Trinajstić information content (AvgIpc) is 3.40. The van der Waals surface area contributed by atoms with Gasteiger partial charge in [-0.1, -0.05) is 23.7 Å². The highest BCUT2D eigenvalue weighted by Gasteiger charge is 2.34. The van der Waals surface area contributed by atoms with Crippen molar-refractivity contribution < 1.29 is 9.59 Å². The zero-order chi connectivity index (χ0) is 16.9. The second kappa shape index (κ2) is 7.99. The van der Waals surface area contributed by atoms with E-state index in [0.29, 0.717) is 19.0 Å². The molecule has 1 saturated carbocycles. The predicted molar refractivity (Wildman–Crippen MR) is 93.9 cm³/mol. The second-order valence-corrected chi connectivity index (χ2v) is 7.04. The molecular formula is C18H24ClN3O2. The molecule has 2 aliphatic rings. The van der Waals surface area contributed by atoms with E-state index in [4.69, 9.17) is 11.6 Å². The highest BCUT2D eigenvalue weighted by molar-refractivity contribution is 6.30. The fourth-order valence-electron chi connectivity index (χ4n) is 3.01. The Hall–Kier alpha value is -1.59. The van der Waals surface area contributed by atoms with Crippen LogP contribution in [0, 0.1) is 5.92 Å². The number of benzene rings is 1. The molecule has 2 fully saturated rings. The largest absolute Gasteiger partial charge is 0.355 e. The standard InChI is InChI=1S/C18H24ClN3O2/c19-16-3-1-2-14(12-16)6-7-20-17(23)13-21-8-10-22(11-9-21)18(24)15-4-5-15/h1-3,12,15H,4-11,13H2,(H,20,23). The SMILES string of the molecule is O=C(CN1CCN(C(=O)C2CC2)CC1)NCCc1cccc(Cl)c1. The summed E-state index contributed by atoms with van der Waals surface area (Å²) in [5.41, 5.74) is 1.12. The molecule has 1 aliphatic carbocycles. The van der Waals surface area contributed by atoms with Crippen molar-refractivity contribution in [1.82, 2.24) is 15.1 Å². The summed E-state index contributed by atoms with van der Waals surface area (Å²) < 4.78 is 0. The molecule has 1 aromatic rings. The number of carbonyl (C=O) groups is 2. The lowest BCUT2D eigenvalue weighted by Crippen LogP contribution is -2.51. The van der Waals surface area contributed by atoms with E-state index in [0.717, 1.165) is 56.0 Å². The molecule has 0 atom stereocenters. The summed E-state index contributed by atoms with van der Waals surface area (Å²) in [5, 5.41) is 3.68. The Morgan fingerprint density at radius 1 is 1.17 bits per heavy atom. The molecule has 1 N–H and O–H groups in total. The number of nitrogens with one attached hydrogen (secondary N) is 1. The highest BCUT2D eigenvalue weighted by Crippen LogP contribution is 2.31. The van der Waals surface area contributed by atoms with Crippen LogP contribution in [-0.4, -0.2) is 60.9 Å². The van der Waals surface area contributed by atoms with E-state index in [2.05, 4.69) is 10.2 Å². The first-order chi connectivity index (χ1) is 11.6. The summed E-state index contributed by atoms with van der Waals surface area (Å²) >= 11 is 5.95. The summed E-state index contributed by atoms with van der Waals surface area (Å²) in [6, 6.07) is 7.69. The Morgan fingerprint density at radius 2 is 1.92 bits per heavy atom. The third-order valence-corrected chi connectivity index (χ3v) is 4.84. The summed E-state index contributed by atoms with van der Waals surface area (Å²) in [5.74, 6) is 0.631. The van der Waals surface area contributed by atoms with Gasteiger partial charge in [0.05, 0.1) is 6.54 Å². The van der Waals surface area contributed by atoms with Crippen LogP contribution in [0.4, 0.5) is 0 Å². The molecule has 24 heavy (non-hydrogen) atoms. The monoisotopic (exact) mass is 349 g/mol. The van der Waals surface area contributed by atoms with Crippen molar-refractivity contribution in [3.05, 3.63) is 34.9 Å². The summed E-state index contributed by atoms with van der Waals surface area (Å²) in [4.78, 5) is 28.1. The van der Waals surface area contributed by atoms with E-state index in [1.165, 1.54) is 0 Å². The van der Waals surface area contributed by atoms with Crippen LogP contribution in [0.3, 0.4) is 0 Å². The van der Waals surface area contributed by atoms with E-state index in [-0.39, 0.29) is 11.8 Å². The number of carbonyl (C=O) groups excluding carboxylic acids is 2. The Bertz CT molecular complexity index is 596. The minimum absolute atomic E-state index is 0.0407. The van der Waals surface area contributed by atoms with Crippen LogP contribution in [0.15, 0.2) is 24.3 Å². The van der Waals surface area contributed by atoms with Crippen LogP contribution in [0.25, 0.3) is 0 Å². The van der Waals surface area contributed by atoms with Gasteiger partial charge in [0.2, 0.25) is 11.8 Å². The van der Waals surface area contributed by atoms with Crippen LogP contribution in [-0.2, 0) is 16.0 Å². The van der Waals surface area contributed by atoms with Crippen molar-refractivity contribution in [3.8, 4) is 0 Å². The number of amides is 2. The number of nitrogens with zero attached hydrogens (tertiary/aromatic N) is 2. The summed E-state index contributed by atoms with van der Waals surface area (Å²) in [7, 11) is 0. The first-order valence-electron chi connectivity index (χ1n) is 8.64. The molecule has 2 amide bonds. The minimum atomic E-state index is 0.0407. The molecule has 0 spiro atoms. The number of rotatable bonds is 6. The second-order valence-electron chi connectivity index (χ2n) is 6.61. The Morgan fingerprint density at radius 3 is 2.58 bits per heavy atom. The molecule has 3 rings (SSSR count). The first-order valence-corrected chi connectivity index (χ1v) is 9.02. The lowest BCUT2D eigenvalue weighted by atomic mass is 10.1. The number of piperazine rings is 1. The summed E-state index contributed by atoms with van der Waals surface area (Å²) in [6.45, 7) is 4.05. The van der Waals surface area contributed by atoms with Crippen LogP contribution in [0.5, 0.6) is 0 Å². The molecule has 6 heteroatoms. The molecule has 130 valence electrons. The Kier molecular flexibility index (Phi) is 5.74. The Balaban J connectivity index is 1.33. The molecular weight excluding hydrogens is 326 g/mol. The van der Waals surface area contributed by atoms with Gasteiger partial charge in [-0.3, -0.25) is 14.5 Å². The third kappa shape index (κ3) is 4.95. The van der Waals surface area contributed by atoms with Crippen molar-refractivity contribution in [1.29, 1.82) is 0 Å². The molecule has 5 nitrogen and oxygen atoms in total. The van der Waals surface area contributed by atoms with Crippen LogP contribution in [0.1, 0.15) is 18.4 Å². The van der Waals surface area contributed by atoms with Gasteiger partial charge in [-0.2, -0.15) is 0 Å². The average molecular weight is 350 g/mol. The van der Waals surface area contributed by atoms with Crippen molar-refractivity contribution in [2.24, 2.45) is 5.92 Å². The third-order valence-electron chi connectivity index (χ3n) is 4.60. The zero-order valence-electron chi connectivity index (χ0n) is 13.8. The molecule has 1 heterocycles. The van der Waals surface area contributed by atoms with Gasteiger partial charge in [0.15, 0.2) is 0 Å². The van der Waals surface area contributed by atoms with E-state index in [9.17, 15) is 9.59 Å². The van der Waals surface area contributed by atoms with Gasteiger partial charge in [0.1, 0.15) is 0 Å². The predicted octanol–water partition coefficient (Wildman–Crippen LogP) is 1.55. The van der Waals surface area contributed by atoms with Crippen LogP contribution in [0.2, 0.25) is 5.02 Å². The van der Waals surface area contributed by atoms with Gasteiger partial charge in [-0.25, -0.2) is 0 Å². The van der Waals surface area contributed by atoms with Gasteiger partial charge < -0.3 is 10.2 Å². The van der Waals surface area contributed by atoms with Crippen molar-refractivity contribution in [2.45, 2.75) is 19.3 Å². The smallest absolute Gasteiger partial charge is 0.234 e. The maximum atomic E-state index is 12.0. The Labute approximate surface area is 147 Å². The lowest BCUT2D eigenvalue weighted by Gasteiger charge is -2.34. The maximum Gasteiger partial charge on any atom is 0.234 e. The van der Waals surface area contributed by atoms with Gasteiger partial charge in [-0.15, -0.1) is 0 Å². The highest BCUT2D eigenvalue weighted by atomic mass is 35.5. The van der Waals surface area contributed by atoms with Gasteiger partial charge in [-0.05, 0) is 37.0 Å².